The summed E-state index contributed by atoms with van der Waals surface area (Å²) < 4.78 is 21.7. The number of rotatable bonds is 3. The lowest BCUT2D eigenvalue weighted by molar-refractivity contribution is 0.0805. The van der Waals surface area contributed by atoms with E-state index in [1.54, 1.807) is 18.5 Å². The van der Waals surface area contributed by atoms with Gasteiger partial charge < -0.3 is 10.6 Å². The van der Waals surface area contributed by atoms with Crippen LogP contribution in [0.4, 0.5) is 4.39 Å². The van der Waals surface area contributed by atoms with Gasteiger partial charge in [-0.2, -0.15) is 10.2 Å². The molecule has 0 radical (unpaired) electrons. The molecule has 0 atom stereocenters. The summed E-state index contributed by atoms with van der Waals surface area (Å²) in [5, 5.41) is 8.45. The first-order valence-electron chi connectivity index (χ1n) is 8.41. The molecule has 3 heterocycles. The molecule has 0 fully saturated rings. The minimum Gasteiger partial charge on any atom is -0.373 e. The Bertz CT molecular complexity index is 1050. The number of nitrogens with two attached hydrogens (primary N) is 1. The molecule has 0 spiro atoms. The predicted molar refractivity (Wildman–Crippen MR) is 102 cm³/mol. The second-order valence-corrected chi connectivity index (χ2v) is 6.67. The molecule has 6 nitrogen and oxygen atoms in total. The summed E-state index contributed by atoms with van der Waals surface area (Å²) in [6.07, 6.45) is 3.25. The van der Waals surface area contributed by atoms with E-state index in [1.807, 2.05) is 17.7 Å². The average Bonchev–Trinajstić information content (AvgIpc) is 3.05. The monoisotopic (exact) mass is 385 g/mol. The fraction of sp³-hybridized carbons (Fsp3) is 0.211. The fourth-order valence-corrected chi connectivity index (χ4v) is 3.36. The number of hydrogen-bond donors (Lipinski definition) is 1. The number of hydrazone groups is 1. The zero-order valence-electron chi connectivity index (χ0n) is 14.6. The summed E-state index contributed by atoms with van der Waals surface area (Å²) in [5.74, 6) is 4.89. The van der Waals surface area contributed by atoms with Crippen LogP contribution in [0.1, 0.15) is 17.0 Å². The van der Waals surface area contributed by atoms with Crippen molar-refractivity contribution in [1.82, 2.24) is 14.8 Å². The van der Waals surface area contributed by atoms with Crippen molar-refractivity contribution < 1.29 is 9.13 Å². The number of aryl methyl sites for hydroxylation is 1. The van der Waals surface area contributed by atoms with E-state index < -0.39 is 5.82 Å². The van der Waals surface area contributed by atoms with Gasteiger partial charge in [0.2, 0.25) is 0 Å². The number of ether oxygens (including phenoxy) is 1. The van der Waals surface area contributed by atoms with Gasteiger partial charge in [-0.05, 0) is 30.7 Å². The van der Waals surface area contributed by atoms with Gasteiger partial charge in [0.15, 0.2) is 0 Å². The third-order valence-electron chi connectivity index (χ3n) is 4.49. The summed E-state index contributed by atoms with van der Waals surface area (Å²) in [6, 6.07) is 6.63. The van der Waals surface area contributed by atoms with E-state index in [2.05, 4.69) is 10.1 Å². The molecule has 1 aliphatic rings. The molecule has 0 unspecified atom stereocenters. The van der Waals surface area contributed by atoms with Crippen molar-refractivity contribution in [2.75, 3.05) is 6.61 Å². The fourth-order valence-electron chi connectivity index (χ4n) is 3.25. The molecule has 0 bridgehead atoms. The average molecular weight is 386 g/mol. The molecule has 2 aromatic heterocycles. The topological polar surface area (TPSA) is 78.3 Å². The van der Waals surface area contributed by atoms with E-state index in [1.165, 1.54) is 12.1 Å². The van der Waals surface area contributed by atoms with Crippen molar-refractivity contribution in [3.63, 3.8) is 0 Å². The van der Waals surface area contributed by atoms with Crippen molar-refractivity contribution in [2.24, 2.45) is 10.9 Å². The van der Waals surface area contributed by atoms with Crippen LogP contribution in [0.2, 0.25) is 5.02 Å². The van der Waals surface area contributed by atoms with Crippen molar-refractivity contribution in [3.05, 3.63) is 58.3 Å². The Kier molecular flexibility index (Phi) is 4.63. The molecule has 8 heteroatoms. The number of nitrogens with zero attached hydrogens (tertiary/aromatic N) is 4. The largest absolute Gasteiger partial charge is 0.373 e. The van der Waals surface area contributed by atoms with Gasteiger partial charge in [0.1, 0.15) is 11.5 Å². The van der Waals surface area contributed by atoms with Crippen LogP contribution in [0.15, 0.2) is 35.6 Å². The first-order valence-corrected chi connectivity index (χ1v) is 8.79. The number of halogens is 2. The van der Waals surface area contributed by atoms with Crippen LogP contribution in [0, 0.1) is 12.7 Å². The third-order valence-corrected chi connectivity index (χ3v) is 4.80. The molecule has 0 saturated carbocycles. The molecule has 4 rings (SSSR count). The van der Waals surface area contributed by atoms with Crippen LogP contribution in [0.3, 0.4) is 0 Å². The van der Waals surface area contributed by atoms with E-state index in [0.29, 0.717) is 31.0 Å². The van der Waals surface area contributed by atoms with Gasteiger partial charge in [0, 0.05) is 28.6 Å². The zero-order chi connectivity index (χ0) is 19.0. The highest BCUT2D eigenvalue weighted by Crippen LogP contribution is 2.38. The van der Waals surface area contributed by atoms with Gasteiger partial charge in [-0.15, -0.1) is 0 Å². The molecule has 27 heavy (non-hydrogen) atoms. The van der Waals surface area contributed by atoms with E-state index in [9.17, 15) is 4.39 Å². The number of pyridine rings is 1. The highest BCUT2D eigenvalue weighted by Gasteiger charge is 2.25. The van der Waals surface area contributed by atoms with Crippen LogP contribution in [0.25, 0.3) is 22.4 Å². The quantitative estimate of drug-likeness (QED) is 0.425. The number of benzene rings is 1. The summed E-state index contributed by atoms with van der Waals surface area (Å²) in [7, 11) is 0. The normalized spacial score (nSPS) is 13.9. The van der Waals surface area contributed by atoms with Crippen LogP contribution in [-0.4, -0.2) is 27.6 Å². The molecule has 0 aliphatic carbocycles. The van der Waals surface area contributed by atoms with Gasteiger partial charge in [0.25, 0.3) is 0 Å². The van der Waals surface area contributed by atoms with Gasteiger partial charge >= 0.3 is 0 Å². The Morgan fingerprint density at radius 1 is 1.37 bits per heavy atom. The predicted octanol–water partition coefficient (Wildman–Crippen LogP) is 3.54. The van der Waals surface area contributed by atoms with Crippen molar-refractivity contribution >= 4 is 17.8 Å². The van der Waals surface area contributed by atoms with Crippen LogP contribution >= 0.6 is 11.6 Å². The maximum Gasteiger partial charge on any atom is 0.142 e. The Morgan fingerprint density at radius 3 is 3.00 bits per heavy atom. The molecular formula is C19H17ClFN5O. The first kappa shape index (κ1) is 17.6. The van der Waals surface area contributed by atoms with E-state index in [4.69, 9.17) is 27.3 Å². The van der Waals surface area contributed by atoms with Gasteiger partial charge in [0.05, 0.1) is 36.7 Å². The van der Waals surface area contributed by atoms with Crippen molar-refractivity contribution in [3.8, 4) is 22.4 Å². The zero-order valence-corrected chi connectivity index (χ0v) is 15.4. The number of fused-ring (bicyclic) bond motifs is 1. The number of hydrogen-bond acceptors (Lipinski definition) is 5. The summed E-state index contributed by atoms with van der Waals surface area (Å²) in [6.45, 7) is 3.53. The second-order valence-electron chi connectivity index (χ2n) is 6.27. The minimum atomic E-state index is -0.489. The van der Waals surface area contributed by atoms with Gasteiger partial charge in [-0.25, -0.2) is 4.39 Å². The molecule has 138 valence electrons. The standard InChI is InChI=1S/C19H17ClFN5O/c1-11-6-14(13(8-23-11)9-24-22)18-17-10-27-5-4-26(17)25-19(18)12-2-3-15(20)16(21)7-12/h2-3,6-9H,4-5,10,22H2,1H3/b24-9-. The summed E-state index contributed by atoms with van der Waals surface area (Å²) in [5.41, 5.74) is 5.53. The van der Waals surface area contributed by atoms with Gasteiger partial charge in [-0.3, -0.25) is 9.67 Å². The van der Waals surface area contributed by atoms with Gasteiger partial charge in [-0.1, -0.05) is 17.7 Å². The van der Waals surface area contributed by atoms with Crippen LogP contribution in [-0.2, 0) is 17.9 Å². The molecule has 1 aliphatic heterocycles. The third kappa shape index (κ3) is 3.20. The highest BCUT2D eigenvalue weighted by molar-refractivity contribution is 6.30. The maximum absolute atomic E-state index is 14.1. The molecular weight excluding hydrogens is 369 g/mol. The molecule has 2 N–H and O–H groups in total. The van der Waals surface area contributed by atoms with Crippen molar-refractivity contribution in [2.45, 2.75) is 20.1 Å². The maximum atomic E-state index is 14.1. The lowest BCUT2D eigenvalue weighted by Gasteiger charge is -2.16. The molecule has 3 aromatic rings. The highest BCUT2D eigenvalue weighted by atomic mass is 35.5. The smallest absolute Gasteiger partial charge is 0.142 e. The lowest BCUT2D eigenvalue weighted by Crippen LogP contribution is -2.17. The van der Waals surface area contributed by atoms with E-state index in [0.717, 1.165) is 28.1 Å². The second kappa shape index (κ2) is 7.09. The Balaban J connectivity index is 2.01. The molecule has 1 aromatic carbocycles. The van der Waals surface area contributed by atoms with Crippen LogP contribution in [0.5, 0.6) is 0 Å². The Hall–Kier alpha value is -2.77. The molecule has 0 amide bonds. The van der Waals surface area contributed by atoms with Crippen molar-refractivity contribution in [1.29, 1.82) is 0 Å². The summed E-state index contributed by atoms with van der Waals surface area (Å²) >= 11 is 5.85. The number of aromatic nitrogens is 3. The lowest BCUT2D eigenvalue weighted by atomic mass is 9.95. The van der Waals surface area contributed by atoms with E-state index in [-0.39, 0.29) is 5.02 Å². The minimum absolute atomic E-state index is 0.0725. The summed E-state index contributed by atoms with van der Waals surface area (Å²) in [4.78, 5) is 4.33. The Labute approximate surface area is 160 Å². The van der Waals surface area contributed by atoms with E-state index >= 15 is 0 Å². The Morgan fingerprint density at radius 2 is 2.22 bits per heavy atom. The molecule has 0 saturated heterocycles. The SMILES string of the molecule is Cc1cc(-c2c(-c3ccc(Cl)c(F)c3)nn3c2COCC3)c(/C=N\N)cn1. The first-order chi connectivity index (χ1) is 13.1. The van der Waals surface area contributed by atoms with Crippen LogP contribution < -0.4 is 5.84 Å².